The van der Waals surface area contributed by atoms with Gasteiger partial charge in [-0.05, 0) is 35.2 Å². The lowest BCUT2D eigenvalue weighted by Gasteiger charge is -2.15. The summed E-state index contributed by atoms with van der Waals surface area (Å²) in [5, 5.41) is 0.768. The van der Waals surface area contributed by atoms with E-state index in [1.165, 1.54) is 10.8 Å². The van der Waals surface area contributed by atoms with Gasteiger partial charge < -0.3 is 4.57 Å². The number of fused-ring (bicyclic) bond motifs is 1. The number of allylic oxidation sites excluding steroid dienone is 1. The van der Waals surface area contributed by atoms with Crippen molar-refractivity contribution in [2.24, 2.45) is 0 Å². The first-order valence-electron chi connectivity index (χ1n) is 6.57. The minimum Gasteiger partial charge on any atom is -0.312 e. The average molecular weight is 366 g/mol. The number of nitrogens with zero attached hydrogens (tertiary/aromatic N) is 1. The Labute approximate surface area is 133 Å². The normalized spacial score (nSPS) is 12.8. The highest BCUT2D eigenvalue weighted by molar-refractivity contribution is 9.10. The molecule has 0 fully saturated rings. The third kappa shape index (κ3) is 2.81. The van der Waals surface area contributed by atoms with E-state index in [0.29, 0.717) is 15.6 Å². The summed E-state index contributed by atoms with van der Waals surface area (Å²) in [5.41, 5.74) is 0.284. The maximum absolute atomic E-state index is 13.5. The summed E-state index contributed by atoms with van der Waals surface area (Å²) in [4.78, 5) is 0. The zero-order chi connectivity index (χ0) is 15.7. The fraction of sp³-hybridized carbons (Fsp3) is 0.0588. The first-order valence-corrected chi connectivity index (χ1v) is 7.36. The number of hydrogen-bond acceptors (Lipinski definition) is 0. The molecule has 0 unspecified atom stereocenters. The van der Waals surface area contributed by atoms with Crippen molar-refractivity contribution in [3.8, 4) is 0 Å². The van der Waals surface area contributed by atoms with Gasteiger partial charge in [-0.2, -0.15) is 13.2 Å². The third-order valence-corrected chi connectivity index (χ3v) is 4.07. The van der Waals surface area contributed by atoms with Gasteiger partial charge in [-0.15, -0.1) is 0 Å². The average Bonchev–Trinajstić information content (AvgIpc) is 2.89. The molecule has 0 aliphatic rings. The molecule has 112 valence electrons. The van der Waals surface area contributed by atoms with Crippen LogP contribution in [0.5, 0.6) is 0 Å². The zero-order valence-corrected chi connectivity index (χ0v) is 12.9. The molecule has 0 aliphatic carbocycles. The van der Waals surface area contributed by atoms with E-state index < -0.39 is 11.9 Å². The molecule has 1 nitrogen and oxygen atoms in total. The van der Waals surface area contributed by atoms with E-state index in [9.17, 15) is 13.2 Å². The molecule has 0 atom stereocenters. The van der Waals surface area contributed by atoms with Crippen molar-refractivity contribution >= 4 is 38.6 Å². The van der Waals surface area contributed by atoms with E-state index in [1.54, 1.807) is 54.6 Å². The molecular weight excluding hydrogens is 355 g/mol. The molecule has 2 aromatic carbocycles. The lowest BCUT2D eigenvalue weighted by molar-refractivity contribution is -0.0727. The topological polar surface area (TPSA) is 4.93 Å². The van der Waals surface area contributed by atoms with Gasteiger partial charge in [-0.1, -0.05) is 52.3 Å². The Hall–Kier alpha value is -2.01. The molecule has 0 radical (unpaired) electrons. The second-order valence-corrected chi connectivity index (χ2v) is 5.65. The zero-order valence-electron chi connectivity index (χ0n) is 11.3. The van der Waals surface area contributed by atoms with E-state index >= 15 is 0 Å². The monoisotopic (exact) mass is 365 g/mol. The number of halogens is 4. The molecule has 3 aromatic rings. The highest BCUT2D eigenvalue weighted by Crippen LogP contribution is 2.35. The van der Waals surface area contributed by atoms with Crippen LogP contribution in [0.15, 0.2) is 65.3 Å². The second-order valence-electron chi connectivity index (χ2n) is 4.79. The summed E-state index contributed by atoms with van der Waals surface area (Å²) in [5.74, 6) is 0. The molecule has 0 saturated heterocycles. The molecule has 0 amide bonds. The molecular formula is C17H11BrF3N. The Kier molecular flexibility index (Phi) is 3.83. The number of benzene rings is 2. The highest BCUT2D eigenvalue weighted by atomic mass is 79.9. The minimum absolute atomic E-state index is 0.479. The van der Waals surface area contributed by atoms with Crippen LogP contribution in [0.2, 0.25) is 0 Å². The van der Waals surface area contributed by atoms with E-state index in [-0.39, 0.29) is 0 Å². The molecule has 0 saturated carbocycles. The van der Waals surface area contributed by atoms with Gasteiger partial charge in [0.25, 0.3) is 0 Å². The molecule has 5 heteroatoms. The Balaban J connectivity index is 2.22. The van der Waals surface area contributed by atoms with Gasteiger partial charge in [0, 0.05) is 10.7 Å². The molecule has 0 bridgehead atoms. The first kappa shape index (κ1) is 14.9. The van der Waals surface area contributed by atoms with Gasteiger partial charge in [-0.25, -0.2) is 0 Å². The number of para-hydroxylation sites is 1. The first-order chi connectivity index (χ1) is 10.5. The van der Waals surface area contributed by atoms with Crippen LogP contribution in [0.4, 0.5) is 13.2 Å². The summed E-state index contributed by atoms with van der Waals surface area (Å²) in [6.07, 6.45) is -1.87. The Morgan fingerprint density at radius 1 is 0.955 bits per heavy atom. The summed E-state index contributed by atoms with van der Waals surface area (Å²) < 4.78 is 42.4. The number of alkyl halides is 3. The van der Waals surface area contributed by atoms with Crippen LogP contribution in [-0.4, -0.2) is 10.7 Å². The van der Waals surface area contributed by atoms with E-state index in [0.717, 1.165) is 11.5 Å². The lowest BCUT2D eigenvalue weighted by Crippen LogP contribution is -2.15. The standard InChI is InChI=1S/C17H11BrF3N/c18-14-7-3-1-6-13(14)11-16(17(19,20)21)22-10-9-12-5-2-4-8-15(12)22/h1-11H/b16-11-. The Morgan fingerprint density at radius 3 is 2.36 bits per heavy atom. The van der Waals surface area contributed by atoms with E-state index in [4.69, 9.17) is 0 Å². The molecule has 0 aliphatic heterocycles. The fourth-order valence-corrected chi connectivity index (χ4v) is 2.72. The van der Waals surface area contributed by atoms with Crippen LogP contribution in [0.25, 0.3) is 22.7 Å². The van der Waals surface area contributed by atoms with Gasteiger partial charge in [0.2, 0.25) is 0 Å². The minimum atomic E-state index is -4.46. The summed E-state index contributed by atoms with van der Waals surface area (Å²) >= 11 is 3.28. The maximum atomic E-state index is 13.5. The SMILES string of the molecule is FC(F)(F)/C(=C/c1ccccc1Br)n1ccc2ccccc21. The smallest absolute Gasteiger partial charge is 0.312 e. The van der Waals surface area contributed by atoms with Crippen LogP contribution in [-0.2, 0) is 0 Å². The Morgan fingerprint density at radius 2 is 1.64 bits per heavy atom. The lowest BCUT2D eigenvalue weighted by atomic mass is 10.2. The molecule has 22 heavy (non-hydrogen) atoms. The molecule has 0 N–H and O–H groups in total. The van der Waals surface area contributed by atoms with Crippen LogP contribution in [0.3, 0.4) is 0 Å². The number of aromatic nitrogens is 1. The fourth-order valence-electron chi connectivity index (χ4n) is 2.32. The summed E-state index contributed by atoms with van der Waals surface area (Å²) in [7, 11) is 0. The number of hydrogen-bond donors (Lipinski definition) is 0. The third-order valence-electron chi connectivity index (χ3n) is 3.35. The van der Waals surface area contributed by atoms with Crippen molar-refractivity contribution in [2.45, 2.75) is 6.18 Å². The van der Waals surface area contributed by atoms with Gasteiger partial charge in [-0.3, -0.25) is 0 Å². The van der Waals surface area contributed by atoms with Gasteiger partial charge in [0.1, 0.15) is 5.70 Å². The van der Waals surface area contributed by atoms with Crippen LogP contribution in [0.1, 0.15) is 5.56 Å². The quantitative estimate of drug-likeness (QED) is 0.527. The van der Waals surface area contributed by atoms with Crippen molar-refractivity contribution in [3.05, 3.63) is 70.8 Å². The predicted octanol–water partition coefficient (Wildman–Crippen LogP) is 5.96. The van der Waals surface area contributed by atoms with Gasteiger partial charge >= 0.3 is 6.18 Å². The number of rotatable bonds is 2. The Bertz CT molecular complexity index is 846. The molecule has 0 spiro atoms. The van der Waals surface area contributed by atoms with Gasteiger partial charge in [0.05, 0.1) is 5.52 Å². The van der Waals surface area contributed by atoms with Crippen LogP contribution in [0, 0.1) is 0 Å². The van der Waals surface area contributed by atoms with Crippen LogP contribution >= 0.6 is 15.9 Å². The molecule has 1 aromatic heterocycles. The van der Waals surface area contributed by atoms with E-state index in [2.05, 4.69) is 15.9 Å². The highest BCUT2D eigenvalue weighted by Gasteiger charge is 2.35. The van der Waals surface area contributed by atoms with E-state index in [1.807, 2.05) is 0 Å². The van der Waals surface area contributed by atoms with Crippen molar-refractivity contribution in [1.29, 1.82) is 0 Å². The van der Waals surface area contributed by atoms with Crippen molar-refractivity contribution in [2.75, 3.05) is 0 Å². The van der Waals surface area contributed by atoms with Crippen LogP contribution < -0.4 is 0 Å². The predicted molar refractivity (Wildman–Crippen MR) is 86.3 cm³/mol. The maximum Gasteiger partial charge on any atom is 0.431 e. The van der Waals surface area contributed by atoms with Crippen molar-refractivity contribution < 1.29 is 13.2 Å². The van der Waals surface area contributed by atoms with Crippen molar-refractivity contribution in [1.82, 2.24) is 4.57 Å². The molecule has 3 rings (SSSR count). The molecule has 1 heterocycles. The summed E-state index contributed by atoms with van der Waals surface area (Å²) in [6.45, 7) is 0. The largest absolute Gasteiger partial charge is 0.431 e. The summed E-state index contributed by atoms with van der Waals surface area (Å²) in [6, 6.07) is 15.5. The van der Waals surface area contributed by atoms with Crippen molar-refractivity contribution in [3.63, 3.8) is 0 Å². The van der Waals surface area contributed by atoms with Gasteiger partial charge in [0.15, 0.2) is 0 Å². The second kappa shape index (κ2) is 5.65.